The van der Waals surface area contributed by atoms with Crippen LogP contribution in [0.4, 0.5) is 0 Å². The number of nitrogens with zero attached hydrogens (tertiary/aromatic N) is 1. The monoisotopic (exact) mass is 462 g/mol. The summed E-state index contributed by atoms with van der Waals surface area (Å²) in [7, 11) is -3.67. The number of rotatable bonds is 4. The quantitative estimate of drug-likeness (QED) is 0.740. The van der Waals surface area contributed by atoms with E-state index in [-0.39, 0.29) is 23.4 Å². The number of sulfonamides is 1. The summed E-state index contributed by atoms with van der Waals surface area (Å²) in [5.74, 6) is 0.266. The lowest BCUT2D eigenvalue weighted by atomic mass is 9.89. The Kier molecular flexibility index (Phi) is 6.03. The molecule has 2 atom stereocenters. The summed E-state index contributed by atoms with van der Waals surface area (Å²) in [6.07, 6.45) is 1.95. The molecular formula is C23H27ClN2O4S. The van der Waals surface area contributed by atoms with Crippen LogP contribution in [0.1, 0.15) is 44.7 Å². The molecule has 2 aliphatic rings. The second kappa shape index (κ2) is 8.45. The summed E-state index contributed by atoms with van der Waals surface area (Å²) in [5, 5.41) is 3.64. The van der Waals surface area contributed by atoms with Crippen molar-refractivity contribution in [3.05, 3.63) is 59.1 Å². The Morgan fingerprint density at radius 2 is 1.87 bits per heavy atom. The van der Waals surface area contributed by atoms with Gasteiger partial charge >= 0.3 is 0 Å². The fourth-order valence-electron chi connectivity index (χ4n) is 4.35. The number of para-hydroxylation sites is 1. The Hall–Kier alpha value is -2.09. The molecule has 2 aromatic carbocycles. The molecule has 0 aliphatic carbocycles. The molecule has 0 aromatic heterocycles. The number of halogens is 1. The van der Waals surface area contributed by atoms with Gasteiger partial charge in [-0.25, -0.2) is 8.42 Å². The first-order valence-corrected chi connectivity index (χ1v) is 12.3. The number of benzene rings is 2. The van der Waals surface area contributed by atoms with Gasteiger partial charge in [-0.3, -0.25) is 4.79 Å². The lowest BCUT2D eigenvalue weighted by Crippen LogP contribution is -2.47. The predicted octanol–water partition coefficient (Wildman–Crippen LogP) is 4.16. The number of amides is 1. The van der Waals surface area contributed by atoms with Crippen LogP contribution in [0.25, 0.3) is 0 Å². The molecule has 31 heavy (non-hydrogen) atoms. The minimum Gasteiger partial charge on any atom is -0.487 e. The highest BCUT2D eigenvalue weighted by Gasteiger charge is 2.37. The molecule has 0 unspecified atom stereocenters. The highest BCUT2D eigenvalue weighted by atomic mass is 35.5. The van der Waals surface area contributed by atoms with Gasteiger partial charge in [-0.2, -0.15) is 4.31 Å². The van der Waals surface area contributed by atoms with Gasteiger partial charge in [-0.15, -0.1) is 0 Å². The molecule has 0 spiro atoms. The largest absolute Gasteiger partial charge is 0.487 e. The molecule has 0 saturated carbocycles. The Balaban J connectivity index is 1.49. The van der Waals surface area contributed by atoms with Crippen LogP contribution in [-0.2, 0) is 14.8 Å². The van der Waals surface area contributed by atoms with Gasteiger partial charge < -0.3 is 10.1 Å². The molecule has 2 heterocycles. The molecule has 1 fully saturated rings. The van der Waals surface area contributed by atoms with Crippen LogP contribution in [-0.4, -0.2) is 37.3 Å². The summed E-state index contributed by atoms with van der Waals surface area (Å²) in [4.78, 5) is 13.3. The second-order valence-electron chi connectivity index (χ2n) is 8.82. The Labute approximate surface area is 188 Å². The van der Waals surface area contributed by atoms with Crippen molar-refractivity contribution in [2.24, 2.45) is 5.92 Å². The normalized spacial score (nSPS) is 23.5. The highest BCUT2D eigenvalue weighted by Crippen LogP contribution is 2.39. The molecule has 2 aromatic rings. The third kappa shape index (κ3) is 4.73. The number of nitrogens with one attached hydrogen (secondary N) is 1. The number of piperidine rings is 1. The number of hydrogen-bond donors (Lipinski definition) is 1. The summed E-state index contributed by atoms with van der Waals surface area (Å²) in [5.41, 5.74) is 0.555. The van der Waals surface area contributed by atoms with E-state index < -0.39 is 21.5 Å². The van der Waals surface area contributed by atoms with Gasteiger partial charge in [0.2, 0.25) is 15.9 Å². The summed E-state index contributed by atoms with van der Waals surface area (Å²) < 4.78 is 33.5. The molecule has 1 saturated heterocycles. The van der Waals surface area contributed by atoms with Crippen molar-refractivity contribution in [1.29, 1.82) is 0 Å². The van der Waals surface area contributed by atoms with E-state index in [1.807, 2.05) is 38.1 Å². The molecule has 4 rings (SSSR count). The standard InChI is InChI=1S/C23H27ClN2O4S/c1-23(2)14-20(19-7-3-4-8-21(19)30-23)25-22(27)16-6-5-13-26(15-16)31(28,29)18-11-9-17(24)10-12-18/h3-4,7-12,16,20H,5-6,13-15H2,1-2H3,(H,25,27)/t16-,20-/m0/s1. The van der Waals surface area contributed by atoms with E-state index in [0.717, 1.165) is 11.3 Å². The van der Waals surface area contributed by atoms with Crippen molar-refractivity contribution in [2.75, 3.05) is 13.1 Å². The maximum absolute atomic E-state index is 13.1. The molecule has 2 aliphatic heterocycles. The lowest BCUT2D eigenvalue weighted by Gasteiger charge is -2.39. The van der Waals surface area contributed by atoms with Gasteiger partial charge in [-0.05, 0) is 57.0 Å². The first-order chi connectivity index (χ1) is 14.7. The van der Waals surface area contributed by atoms with Crippen molar-refractivity contribution < 1.29 is 17.9 Å². The van der Waals surface area contributed by atoms with Crippen molar-refractivity contribution in [3.63, 3.8) is 0 Å². The second-order valence-corrected chi connectivity index (χ2v) is 11.2. The van der Waals surface area contributed by atoms with Gasteiger partial charge in [0.15, 0.2) is 0 Å². The Morgan fingerprint density at radius 1 is 1.16 bits per heavy atom. The van der Waals surface area contributed by atoms with Crippen LogP contribution in [0.5, 0.6) is 5.75 Å². The van der Waals surface area contributed by atoms with Crippen LogP contribution < -0.4 is 10.1 Å². The average Bonchev–Trinajstić information content (AvgIpc) is 2.73. The summed E-state index contributed by atoms with van der Waals surface area (Å²) >= 11 is 5.89. The molecule has 0 bridgehead atoms. The molecule has 0 radical (unpaired) electrons. The van der Waals surface area contributed by atoms with Crippen LogP contribution >= 0.6 is 11.6 Å². The van der Waals surface area contributed by atoms with Crippen LogP contribution in [0.15, 0.2) is 53.4 Å². The Morgan fingerprint density at radius 3 is 2.61 bits per heavy atom. The zero-order chi connectivity index (χ0) is 22.2. The average molecular weight is 463 g/mol. The fraction of sp³-hybridized carbons (Fsp3) is 0.435. The highest BCUT2D eigenvalue weighted by molar-refractivity contribution is 7.89. The zero-order valence-electron chi connectivity index (χ0n) is 17.7. The maximum atomic E-state index is 13.1. The lowest BCUT2D eigenvalue weighted by molar-refractivity contribution is -0.127. The van der Waals surface area contributed by atoms with E-state index in [0.29, 0.717) is 30.8 Å². The minimum absolute atomic E-state index is 0.117. The number of carbonyl (C=O) groups is 1. The van der Waals surface area contributed by atoms with Gasteiger partial charge in [-0.1, -0.05) is 29.8 Å². The van der Waals surface area contributed by atoms with Crippen LogP contribution in [0.3, 0.4) is 0 Å². The Bertz CT molecular complexity index is 1070. The predicted molar refractivity (Wildman–Crippen MR) is 120 cm³/mol. The van der Waals surface area contributed by atoms with E-state index in [4.69, 9.17) is 16.3 Å². The van der Waals surface area contributed by atoms with Crippen molar-refractivity contribution in [2.45, 2.75) is 49.6 Å². The first kappa shape index (κ1) is 22.1. The smallest absolute Gasteiger partial charge is 0.243 e. The number of ether oxygens (including phenoxy) is 1. The number of hydrogen-bond acceptors (Lipinski definition) is 4. The summed E-state index contributed by atoms with van der Waals surface area (Å²) in [6, 6.07) is 13.7. The fourth-order valence-corrected chi connectivity index (χ4v) is 6.00. The minimum atomic E-state index is -3.67. The SMILES string of the molecule is CC1(C)C[C@H](NC(=O)[C@H]2CCCN(S(=O)(=O)c3ccc(Cl)cc3)C2)c2ccccc2O1. The van der Waals surface area contributed by atoms with Crippen molar-refractivity contribution in [1.82, 2.24) is 9.62 Å². The molecule has 6 nitrogen and oxygen atoms in total. The molecular weight excluding hydrogens is 436 g/mol. The van der Waals surface area contributed by atoms with E-state index in [1.165, 1.54) is 16.4 Å². The van der Waals surface area contributed by atoms with Gasteiger partial charge in [0, 0.05) is 30.1 Å². The molecule has 166 valence electrons. The van der Waals surface area contributed by atoms with Crippen molar-refractivity contribution >= 4 is 27.5 Å². The van der Waals surface area contributed by atoms with Crippen LogP contribution in [0.2, 0.25) is 5.02 Å². The van der Waals surface area contributed by atoms with Gasteiger partial charge in [0.1, 0.15) is 11.4 Å². The van der Waals surface area contributed by atoms with E-state index in [2.05, 4.69) is 5.32 Å². The number of carbonyl (C=O) groups excluding carboxylic acids is 1. The zero-order valence-corrected chi connectivity index (χ0v) is 19.2. The topological polar surface area (TPSA) is 75.7 Å². The first-order valence-electron chi connectivity index (χ1n) is 10.5. The third-order valence-corrected chi connectivity index (χ3v) is 8.03. The molecule has 1 N–H and O–H groups in total. The van der Waals surface area contributed by atoms with Gasteiger partial charge in [0.25, 0.3) is 0 Å². The van der Waals surface area contributed by atoms with Crippen molar-refractivity contribution in [3.8, 4) is 5.75 Å². The van der Waals surface area contributed by atoms with Gasteiger partial charge in [0.05, 0.1) is 16.9 Å². The molecule has 1 amide bonds. The van der Waals surface area contributed by atoms with E-state index in [9.17, 15) is 13.2 Å². The summed E-state index contributed by atoms with van der Waals surface area (Å²) in [6.45, 7) is 4.58. The number of fused-ring (bicyclic) bond motifs is 1. The molecule has 8 heteroatoms. The third-order valence-electron chi connectivity index (χ3n) is 5.90. The maximum Gasteiger partial charge on any atom is 0.243 e. The van der Waals surface area contributed by atoms with E-state index >= 15 is 0 Å². The van der Waals surface area contributed by atoms with E-state index in [1.54, 1.807) is 12.1 Å². The van der Waals surface area contributed by atoms with Crippen LogP contribution in [0, 0.1) is 5.92 Å².